The maximum Gasteiger partial charge on any atom is 0.141 e. The Labute approximate surface area is 139 Å². The first kappa shape index (κ1) is 19.8. The van der Waals surface area contributed by atoms with Crippen LogP contribution in [0, 0.1) is 18.7 Å². The van der Waals surface area contributed by atoms with E-state index in [1.165, 1.54) is 6.07 Å². The summed E-state index contributed by atoms with van der Waals surface area (Å²) >= 11 is 0. The van der Waals surface area contributed by atoms with Crippen molar-refractivity contribution in [3.8, 4) is 0 Å². The number of carbonyl (C=O) groups excluding carboxylic acids is 1. The molecule has 0 heterocycles. The standard InChI is InChI=1S/C19H30FNO2/c1-6-15(7-2)18(14(4)23-12-19(5,21)11-22)17-9-8-16(20)10-13(17)3/h8-11,14-15,18H,6-7,12,21H2,1-5H3/t14-,18-,19-/m0/s1. The van der Waals surface area contributed by atoms with Crippen LogP contribution in [0.25, 0.3) is 0 Å². The lowest BCUT2D eigenvalue weighted by Gasteiger charge is -2.33. The average molecular weight is 323 g/mol. The van der Waals surface area contributed by atoms with Gasteiger partial charge in [0, 0.05) is 5.92 Å². The lowest BCUT2D eigenvalue weighted by atomic mass is 9.78. The van der Waals surface area contributed by atoms with Crippen LogP contribution in [0.3, 0.4) is 0 Å². The predicted molar refractivity (Wildman–Crippen MR) is 92.0 cm³/mol. The van der Waals surface area contributed by atoms with Crippen molar-refractivity contribution in [2.45, 2.75) is 65.0 Å². The third-order valence-electron chi connectivity index (χ3n) is 4.58. The average Bonchev–Trinajstić information content (AvgIpc) is 2.51. The van der Waals surface area contributed by atoms with Gasteiger partial charge in [-0.05, 0) is 49.9 Å². The molecule has 3 atom stereocenters. The molecule has 2 N–H and O–H groups in total. The van der Waals surface area contributed by atoms with Crippen LogP contribution >= 0.6 is 0 Å². The molecule has 0 spiro atoms. The fraction of sp³-hybridized carbons (Fsp3) is 0.632. The number of carbonyl (C=O) groups is 1. The summed E-state index contributed by atoms with van der Waals surface area (Å²) in [5.41, 5.74) is 6.91. The summed E-state index contributed by atoms with van der Waals surface area (Å²) in [6.45, 7) is 10.1. The van der Waals surface area contributed by atoms with Gasteiger partial charge in [0.25, 0.3) is 0 Å². The molecule has 0 aromatic heterocycles. The molecule has 0 saturated carbocycles. The number of aldehydes is 1. The minimum atomic E-state index is -0.982. The van der Waals surface area contributed by atoms with Crippen molar-refractivity contribution in [3.63, 3.8) is 0 Å². The molecule has 130 valence electrons. The van der Waals surface area contributed by atoms with E-state index in [1.54, 1.807) is 13.0 Å². The van der Waals surface area contributed by atoms with Gasteiger partial charge in [-0.15, -0.1) is 0 Å². The maximum atomic E-state index is 13.4. The fourth-order valence-electron chi connectivity index (χ4n) is 3.15. The van der Waals surface area contributed by atoms with Crippen LogP contribution in [0.4, 0.5) is 4.39 Å². The highest BCUT2D eigenvalue weighted by Crippen LogP contribution is 2.36. The number of nitrogens with two attached hydrogens (primary N) is 1. The summed E-state index contributed by atoms with van der Waals surface area (Å²) < 4.78 is 19.4. The quantitative estimate of drug-likeness (QED) is 0.699. The Balaban J connectivity index is 3.07. The zero-order chi connectivity index (χ0) is 17.6. The molecule has 0 amide bonds. The van der Waals surface area contributed by atoms with E-state index < -0.39 is 5.54 Å². The molecule has 1 rings (SSSR count). The van der Waals surface area contributed by atoms with Crippen LogP contribution in [-0.2, 0) is 9.53 Å². The van der Waals surface area contributed by atoms with Crippen LogP contribution in [0.5, 0.6) is 0 Å². The van der Waals surface area contributed by atoms with Gasteiger partial charge in [-0.2, -0.15) is 0 Å². The lowest BCUT2D eigenvalue weighted by molar-refractivity contribution is -0.114. The van der Waals surface area contributed by atoms with E-state index in [0.717, 1.165) is 30.3 Å². The summed E-state index contributed by atoms with van der Waals surface area (Å²) in [6.07, 6.45) is 2.64. The molecule has 1 aromatic carbocycles. The highest BCUT2D eigenvalue weighted by molar-refractivity contribution is 5.63. The predicted octanol–water partition coefficient (Wildman–Crippen LogP) is 3.98. The van der Waals surface area contributed by atoms with Crippen molar-refractivity contribution in [1.29, 1.82) is 0 Å². The third-order valence-corrected chi connectivity index (χ3v) is 4.58. The van der Waals surface area contributed by atoms with Crippen molar-refractivity contribution >= 4 is 6.29 Å². The van der Waals surface area contributed by atoms with Gasteiger partial charge in [0.15, 0.2) is 0 Å². The van der Waals surface area contributed by atoms with Gasteiger partial charge in [0.05, 0.1) is 18.2 Å². The number of hydrogen-bond donors (Lipinski definition) is 1. The summed E-state index contributed by atoms with van der Waals surface area (Å²) in [7, 11) is 0. The first-order chi connectivity index (χ1) is 10.8. The van der Waals surface area contributed by atoms with Crippen molar-refractivity contribution in [1.82, 2.24) is 0 Å². The zero-order valence-electron chi connectivity index (χ0n) is 14.9. The minimum absolute atomic E-state index is 0.105. The monoisotopic (exact) mass is 323 g/mol. The molecule has 23 heavy (non-hydrogen) atoms. The van der Waals surface area contributed by atoms with Gasteiger partial charge in [0.1, 0.15) is 12.1 Å². The number of ether oxygens (including phenoxy) is 1. The van der Waals surface area contributed by atoms with Crippen LogP contribution in [0.15, 0.2) is 18.2 Å². The molecule has 4 heteroatoms. The topological polar surface area (TPSA) is 52.3 Å². The highest BCUT2D eigenvalue weighted by atomic mass is 19.1. The second kappa shape index (κ2) is 8.55. The van der Waals surface area contributed by atoms with E-state index >= 15 is 0 Å². The van der Waals surface area contributed by atoms with E-state index in [9.17, 15) is 9.18 Å². The van der Waals surface area contributed by atoms with Gasteiger partial charge in [-0.25, -0.2) is 4.39 Å². The molecule has 0 radical (unpaired) electrons. The molecule has 0 fully saturated rings. The number of rotatable bonds is 9. The number of hydrogen-bond acceptors (Lipinski definition) is 3. The van der Waals surface area contributed by atoms with E-state index in [1.807, 2.05) is 19.9 Å². The molecule has 0 aliphatic heterocycles. The first-order valence-electron chi connectivity index (χ1n) is 8.38. The summed E-state index contributed by atoms with van der Waals surface area (Å²) in [5, 5.41) is 0. The lowest BCUT2D eigenvalue weighted by Crippen LogP contribution is -2.44. The smallest absolute Gasteiger partial charge is 0.141 e. The largest absolute Gasteiger partial charge is 0.375 e. The normalized spacial score (nSPS) is 16.9. The minimum Gasteiger partial charge on any atom is -0.375 e. The van der Waals surface area contributed by atoms with Crippen molar-refractivity contribution in [3.05, 3.63) is 35.1 Å². The zero-order valence-corrected chi connectivity index (χ0v) is 14.9. The van der Waals surface area contributed by atoms with Crippen LogP contribution in [-0.4, -0.2) is 24.5 Å². The molecule has 0 aliphatic rings. The molecular weight excluding hydrogens is 293 g/mol. The van der Waals surface area contributed by atoms with E-state index in [-0.39, 0.29) is 24.4 Å². The molecule has 1 aromatic rings. The number of aryl methyl sites for hydroxylation is 1. The number of halogens is 1. The molecule has 3 nitrogen and oxygen atoms in total. The summed E-state index contributed by atoms with van der Waals surface area (Å²) in [5.74, 6) is 0.348. The molecule has 0 saturated heterocycles. The number of benzene rings is 1. The Bertz CT molecular complexity index is 512. The first-order valence-corrected chi connectivity index (χ1v) is 8.38. The van der Waals surface area contributed by atoms with Gasteiger partial charge in [-0.1, -0.05) is 32.8 Å². The Kier molecular flexibility index (Phi) is 7.36. The van der Waals surface area contributed by atoms with Crippen molar-refractivity contribution < 1.29 is 13.9 Å². The van der Waals surface area contributed by atoms with E-state index in [2.05, 4.69) is 13.8 Å². The van der Waals surface area contributed by atoms with Gasteiger partial charge >= 0.3 is 0 Å². The summed E-state index contributed by atoms with van der Waals surface area (Å²) in [4.78, 5) is 11.0. The van der Waals surface area contributed by atoms with Gasteiger partial charge in [-0.3, -0.25) is 0 Å². The molecular formula is C19H30FNO2. The molecule has 0 unspecified atom stereocenters. The van der Waals surface area contributed by atoms with Crippen molar-refractivity contribution in [2.75, 3.05) is 6.61 Å². The maximum absolute atomic E-state index is 13.4. The van der Waals surface area contributed by atoms with Crippen LogP contribution < -0.4 is 5.73 Å². The Hall–Kier alpha value is -1.26. The van der Waals surface area contributed by atoms with Crippen LogP contribution in [0.2, 0.25) is 0 Å². The van der Waals surface area contributed by atoms with E-state index in [0.29, 0.717) is 5.92 Å². The van der Waals surface area contributed by atoms with Crippen LogP contribution in [0.1, 0.15) is 57.6 Å². The van der Waals surface area contributed by atoms with Gasteiger partial charge in [0.2, 0.25) is 0 Å². The highest BCUT2D eigenvalue weighted by Gasteiger charge is 2.30. The second-order valence-electron chi connectivity index (χ2n) is 6.74. The van der Waals surface area contributed by atoms with Gasteiger partial charge < -0.3 is 15.3 Å². The van der Waals surface area contributed by atoms with E-state index in [4.69, 9.17) is 10.5 Å². The van der Waals surface area contributed by atoms with Crippen molar-refractivity contribution in [2.24, 2.45) is 11.7 Å². The Morgan fingerprint density at radius 3 is 2.43 bits per heavy atom. The summed E-state index contributed by atoms with van der Waals surface area (Å²) in [6, 6.07) is 4.92. The third kappa shape index (κ3) is 5.40. The Morgan fingerprint density at radius 2 is 1.96 bits per heavy atom. The fourth-order valence-corrected chi connectivity index (χ4v) is 3.15. The SMILES string of the molecule is CCC(CC)[C@@H](c1ccc(F)cc1C)[C@H](C)OC[C@@](C)(N)C=O. The molecule has 0 aliphatic carbocycles. The second-order valence-corrected chi connectivity index (χ2v) is 6.74. The molecule has 0 bridgehead atoms. The Morgan fingerprint density at radius 1 is 1.35 bits per heavy atom.